The smallest absolute Gasteiger partial charge is 0.287 e. The van der Waals surface area contributed by atoms with E-state index in [0.717, 1.165) is 0 Å². The van der Waals surface area contributed by atoms with E-state index in [-0.39, 0.29) is 11.8 Å². The molecule has 0 atom stereocenters. The minimum absolute atomic E-state index is 0.112. The molecule has 3 rings (SSSR count). The molecule has 1 aromatic heterocycles. The molecule has 0 aliphatic carbocycles. The van der Waals surface area contributed by atoms with Gasteiger partial charge in [0.1, 0.15) is 0 Å². The van der Waals surface area contributed by atoms with Crippen molar-refractivity contribution in [1.29, 1.82) is 0 Å². The monoisotopic (exact) mass is 291 g/mol. The highest BCUT2D eigenvalue weighted by Gasteiger charge is 2.16. The number of carbonyl (C=O) groups excluding carboxylic acids is 1. The van der Waals surface area contributed by atoms with Gasteiger partial charge in [-0.3, -0.25) is 4.79 Å². The molecule has 2 aromatic carbocycles. The third-order valence-electron chi connectivity index (χ3n) is 3.58. The summed E-state index contributed by atoms with van der Waals surface area (Å²) in [5.74, 6) is 0.253. The molecular formula is C18H17N3O. The van der Waals surface area contributed by atoms with Crippen LogP contribution >= 0.6 is 0 Å². The van der Waals surface area contributed by atoms with E-state index < -0.39 is 0 Å². The van der Waals surface area contributed by atoms with E-state index in [0.29, 0.717) is 12.4 Å². The molecule has 0 radical (unpaired) electrons. The predicted octanol–water partition coefficient (Wildman–Crippen LogP) is 2.97. The van der Waals surface area contributed by atoms with Crippen LogP contribution < -0.4 is 5.32 Å². The van der Waals surface area contributed by atoms with Crippen LogP contribution in [0.25, 0.3) is 0 Å². The van der Waals surface area contributed by atoms with Gasteiger partial charge in [0.25, 0.3) is 5.91 Å². The summed E-state index contributed by atoms with van der Waals surface area (Å²) in [7, 11) is 0. The van der Waals surface area contributed by atoms with E-state index in [1.807, 2.05) is 36.4 Å². The van der Waals surface area contributed by atoms with Gasteiger partial charge in [0.05, 0.1) is 0 Å². The molecule has 0 aliphatic heterocycles. The lowest BCUT2D eigenvalue weighted by Crippen LogP contribution is -2.29. The van der Waals surface area contributed by atoms with E-state index in [1.54, 1.807) is 12.4 Å². The van der Waals surface area contributed by atoms with Gasteiger partial charge in [-0.15, -0.1) is 0 Å². The van der Waals surface area contributed by atoms with Gasteiger partial charge in [-0.05, 0) is 11.1 Å². The maximum Gasteiger partial charge on any atom is 0.287 e. The number of hydrogen-bond acceptors (Lipinski definition) is 2. The first kappa shape index (κ1) is 14.1. The van der Waals surface area contributed by atoms with Gasteiger partial charge < -0.3 is 10.3 Å². The Labute approximate surface area is 129 Å². The SMILES string of the molecule is O=C(NCC(c1ccccc1)c1ccccc1)c1ncc[nH]1. The number of rotatable bonds is 5. The van der Waals surface area contributed by atoms with Crippen molar-refractivity contribution in [3.05, 3.63) is 90.0 Å². The summed E-state index contributed by atoms with van der Waals surface area (Å²) in [6.07, 6.45) is 3.21. The van der Waals surface area contributed by atoms with Gasteiger partial charge in [-0.25, -0.2) is 4.98 Å². The van der Waals surface area contributed by atoms with Crippen molar-refractivity contribution in [3.8, 4) is 0 Å². The van der Waals surface area contributed by atoms with Gasteiger partial charge in [-0.2, -0.15) is 0 Å². The molecule has 0 spiro atoms. The third kappa shape index (κ3) is 3.23. The van der Waals surface area contributed by atoms with Crippen molar-refractivity contribution < 1.29 is 4.79 Å². The highest BCUT2D eigenvalue weighted by atomic mass is 16.2. The fraction of sp³-hybridized carbons (Fsp3) is 0.111. The van der Waals surface area contributed by atoms with Crippen LogP contribution in [0.5, 0.6) is 0 Å². The topological polar surface area (TPSA) is 57.8 Å². The van der Waals surface area contributed by atoms with Crippen molar-refractivity contribution in [2.75, 3.05) is 6.54 Å². The van der Waals surface area contributed by atoms with Crippen LogP contribution in [0.3, 0.4) is 0 Å². The van der Waals surface area contributed by atoms with Gasteiger partial charge >= 0.3 is 0 Å². The van der Waals surface area contributed by atoms with Crippen LogP contribution in [0.15, 0.2) is 73.1 Å². The summed E-state index contributed by atoms with van der Waals surface area (Å²) >= 11 is 0. The van der Waals surface area contributed by atoms with Crippen LogP contribution in [0, 0.1) is 0 Å². The number of benzene rings is 2. The van der Waals surface area contributed by atoms with Crippen molar-refractivity contribution in [2.24, 2.45) is 0 Å². The molecule has 0 saturated carbocycles. The number of carbonyl (C=O) groups is 1. The molecular weight excluding hydrogens is 274 g/mol. The second-order valence-corrected chi connectivity index (χ2v) is 5.02. The summed E-state index contributed by atoms with van der Waals surface area (Å²) in [4.78, 5) is 18.9. The molecule has 0 fully saturated rings. The second-order valence-electron chi connectivity index (χ2n) is 5.02. The quantitative estimate of drug-likeness (QED) is 0.759. The first-order chi connectivity index (χ1) is 10.8. The minimum atomic E-state index is -0.193. The summed E-state index contributed by atoms with van der Waals surface area (Å²) in [6.45, 7) is 0.521. The molecule has 1 amide bonds. The fourth-order valence-corrected chi connectivity index (χ4v) is 2.47. The number of aromatic amines is 1. The van der Waals surface area contributed by atoms with Crippen molar-refractivity contribution in [1.82, 2.24) is 15.3 Å². The zero-order chi connectivity index (χ0) is 15.2. The van der Waals surface area contributed by atoms with E-state index in [1.165, 1.54) is 11.1 Å². The Morgan fingerprint density at radius 3 is 2.09 bits per heavy atom. The first-order valence-electron chi connectivity index (χ1n) is 7.22. The predicted molar refractivity (Wildman–Crippen MR) is 85.6 cm³/mol. The molecule has 0 bridgehead atoms. The maximum atomic E-state index is 12.1. The number of aromatic nitrogens is 2. The van der Waals surface area contributed by atoms with E-state index in [4.69, 9.17) is 0 Å². The molecule has 3 aromatic rings. The molecule has 1 heterocycles. The molecule has 4 nitrogen and oxygen atoms in total. The standard InChI is InChI=1S/C18H17N3O/c22-18(17-19-11-12-20-17)21-13-16(14-7-3-1-4-8-14)15-9-5-2-6-10-15/h1-12,16H,13H2,(H,19,20)(H,21,22). The van der Waals surface area contributed by atoms with Crippen molar-refractivity contribution in [3.63, 3.8) is 0 Å². The maximum absolute atomic E-state index is 12.1. The fourth-order valence-electron chi connectivity index (χ4n) is 2.47. The van der Waals surface area contributed by atoms with Crippen LogP contribution in [0.1, 0.15) is 27.7 Å². The second kappa shape index (κ2) is 6.72. The summed E-state index contributed by atoms with van der Waals surface area (Å²) in [6, 6.07) is 20.4. The summed E-state index contributed by atoms with van der Waals surface area (Å²) in [5.41, 5.74) is 2.35. The third-order valence-corrected chi connectivity index (χ3v) is 3.58. The van der Waals surface area contributed by atoms with Crippen LogP contribution in [0.2, 0.25) is 0 Å². The average Bonchev–Trinajstić information content (AvgIpc) is 3.11. The molecule has 22 heavy (non-hydrogen) atoms. The number of nitrogens with one attached hydrogen (secondary N) is 2. The lowest BCUT2D eigenvalue weighted by Gasteiger charge is -2.18. The van der Waals surface area contributed by atoms with Crippen molar-refractivity contribution >= 4 is 5.91 Å². The van der Waals surface area contributed by atoms with Crippen molar-refractivity contribution in [2.45, 2.75) is 5.92 Å². The highest BCUT2D eigenvalue weighted by molar-refractivity contribution is 5.90. The lowest BCUT2D eigenvalue weighted by atomic mass is 9.91. The Morgan fingerprint density at radius 1 is 1.00 bits per heavy atom. The summed E-state index contributed by atoms with van der Waals surface area (Å²) in [5, 5.41) is 2.95. The number of amides is 1. The highest BCUT2D eigenvalue weighted by Crippen LogP contribution is 2.23. The van der Waals surface area contributed by atoms with Gasteiger partial charge in [-0.1, -0.05) is 60.7 Å². The number of hydrogen-bond donors (Lipinski definition) is 2. The van der Waals surface area contributed by atoms with Crippen LogP contribution in [-0.2, 0) is 0 Å². The number of H-pyrrole nitrogens is 1. The average molecular weight is 291 g/mol. The largest absolute Gasteiger partial charge is 0.348 e. The zero-order valence-corrected chi connectivity index (χ0v) is 12.1. The Bertz CT molecular complexity index is 669. The Hall–Kier alpha value is -2.88. The van der Waals surface area contributed by atoms with E-state index in [2.05, 4.69) is 39.6 Å². The number of nitrogens with zero attached hydrogens (tertiary/aromatic N) is 1. The molecule has 110 valence electrons. The number of imidazole rings is 1. The van der Waals surface area contributed by atoms with Gasteiger partial charge in [0.2, 0.25) is 0 Å². The molecule has 2 N–H and O–H groups in total. The van der Waals surface area contributed by atoms with Gasteiger partial charge in [0.15, 0.2) is 5.82 Å². The van der Waals surface area contributed by atoms with Crippen LogP contribution in [0.4, 0.5) is 0 Å². The minimum Gasteiger partial charge on any atom is -0.348 e. The Morgan fingerprint density at radius 2 is 1.59 bits per heavy atom. The molecule has 0 unspecified atom stereocenters. The summed E-state index contributed by atoms with van der Waals surface area (Å²) < 4.78 is 0. The van der Waals surface area contributed by atoms with E-state index >= 15 is 0 Å². The Balaban J connectivity index is 1.79. The normalized spacial score (nSPS) is 10.6. The molecule has 0 aliphatic rings. The first-order valence-corrected chi connectivity index (χ1v) is 7.22. The zero-order valence-electron chi connectivity index (χ0n) is 12.1. The molecule has 0 saturated heterocycles. The van der Waals surface area contributed by atoms with Crippen LogP contribution in [-0.4, -0.2) is 22.4 Å². The van der Waals surface area contributed by atoms with Gasteiger partial charge in [0, 0.05) is 24.9 Å². The lowest BCUT2D eigenvalue weighted by molar-refractivity contribution is 0.0943. The Kier molecular flexibility index (Phi) is 4.30. The van der Waals surface area contributed by atoms with E-state index in [9.17, 15) is 4.79 Å². The molecule has 4 heteroatoms.